The van der Waals surface area contributed by atoms with Crippen LogP contribution in [0.3, 0.4) is 0 Å². The second-order valence-corrected chi connectivity index (χ2v) is 6.21. The van der Waals surface area contributed by atoms with Crippen LogP contribution in [0.25, 0.3) is 0 Å². The molecule has 1 saturated carbocycles. The molecule has 20 heavy (non-hydrogen) atoms. The molecule has 1 heterocycles. The van der Waals surface area contributed by atoms with Gasteiger partial charge in [0.25, 0.3) is 5.91 Å². The van der Waals surface area contributed by atoms with Gasteiger partial charge in [0.1, 0.15) is 5.76 Å². The van der Waals surface area contributed by atoms with E-state index in [1.807, 2.05) is 0 Å². The fourth-order valence-electron chi connectivity index (χ4n) is 3.45. The fourth-order valence-corrected chi connectivity index (χ4v) is 3.45. The van der Waals surface area contributed by atoms with Crippen molar-refractivity contribution in [2.45, 2.75) is 64.2 Å². The Bertz CT molecular complexity index is 459. The van der Waals surface area contributed by atoms with Gasteiger partial charge in [-0.2, -0.15) is 0 Å². The first-order valence-electron chi connectivity index (χ1n) is 8.10. The minimum atomic E-state index is -0.0406. The highest BCUT2D eigenvalue weighted by molar-refractivity contribution is 5.93. The van der Waals surface area contributed by atoms with E-state index in [0.29, 0.717) is 11.6 Å². The van der Waals surface area contributed by atoms with Crippen molar-refractivity contribution in [3.05, 3.63) is 17.0 Å². The molecule has 0 aliphatic heterocycles. The Kier molecular flexibility index (Phi) is 4.38. The van der Waals surface area contributed by atoms with E-state index in [1.165, 1.54) is 38.5 Å². The van der Waals surface area contributed by atoms with Gasteiger partial charge in [0, 0.05) is 18.5 Å². The fraction of sp³-hybridized carbons (Fsp3) is 0.750. The third-order valence-corrected chi connectivity index (χ3v) is 4.69. The van der Waals surface area contributed by atoms with E-state index in [1.54, 1.807) is 0 Å². The van der Waals surface area contributed by atoms with Crippen molar-refractivity contribution in [3.8, 4) is 0 Å². The molecule has 1 N–H and O–H groups in total. The highest BCUT2D eigenvalue weighted by Gasteiger charge is 2.24. The molecule has 0 saturated heterocycles. The third kappa shape index (κ3) is 3.05. The SMILES string of the molecule is O=C(NCC1CCCCCC1)c1noc2c1CCCC2. The average molecular weight is 276 g/mol. The summed E-state index contributed by atoms with van der Waals surface area (Å²) >= 11 is 0. The maximum atomic E-state index is 12.3. The molecule has 2 aliphatic rings. The second kappa shape index (κ2) is 6.42. The first kappa shape index (κ1) is 13.7. The summed E-state index contributed by atoms with van der Waals surface area (Å²) in [6.45, 7) is 0.792. The van der Waals surface area contributed by atoms with Crippen molar-refractivity contribution in [3.63, 3.8) is 0 Å². The minimum absolute atomic E-state index is 0.0406. The summed E-state index contributed by atoms with van der Waals surface area (Å²) in [5.74, 6) is 1.53. The van der Waals surface area contributed by atoms with Crippen LogP contribution in [0.5, 0.6) is 0 Å². The lowest BCUT2D eigenvalue weighted by Gasteiger charge is -2.14. The van der Waals surface area contributed by atoms with Crippen LogP contribution in [0.4, 0.5) is 0 Å². The maximum Gasteiger partial charge on any atom is 0.273 e. The molecule has 0 bridgehead atoms. The number of aromatic nitrogens is 1. The zero-order chi connectivity index (χ0) is 13.8. The van der Waals surface area contributed by atoms with Gasteiger partial charge in [-0.25, -0.2) is 0 Å². The Morgan fingerprint density at radius 2 is 1.85 bits per heavy atom. The normalized spacial score (nSPS) is 20.2. The summed E-state index contributed by atoms with van der Waals surface area (Å²) < 4.78 is 5.31. The summed E-state index contributed by atoms with van der Waals surface area (Å²) in [5, 5.41) is 7.06. The number of rotatable bonds is 3. The van der Waals surface area contributed by atoms with Crippen LogP contribution in [0.1, 0.15) is 73.2 Å². The molecule has 4 heteroatoms. The lowest BCUT2D eigenvalue weighted by molar-refractivity contribution is 0.0936. The predicted octanol–water partition coefficient (Wildman–Crippen LogP) is 3.25. The molecule has 110 valence electrons. The summed E-state index contributed by atoms with van der Waals surface area (Å²) in [4.78, 5) is 12.3. The van der Waals surface area contributed by atoms with E-state index in [4.69, 9.17) is 4.52 Å². The number of amides is 1. The van der Waals surface area contributed by atoms with E-state index in [0.717, 1.165) is 43.6 Å². The lowest BCUT2D eigenvalue weighted by atomic mass is 9.96. The number of aryl methyl sites for hydroxylation is 1. The molecular weight excluding hydrogens is 252 g/mol. The molecule has 4 nitrogen and oxygen atoms in total. The Labute approximate surface area is 120 Å². The van der Waals surface area contributed by atoms with E-state index in [-0.39, 0.29) is 5.91 Å². The van der Waals surface area contributed by atoms with E-state index >= 15 is 0 Å². The summed E-state index contributed by atoms with van der Waals surface area (Å²) in [6, 6.07) is 0. The van der Waals surface area contributed by atoms with Gasteiger partial charge in [0.15, 0.2) is 5.69 Å². The molecule has 1 amide bonds. The van der Waals surface area contributed by atoms with Gasteiger partial charge < -0.3 is 9.84 Å². The van der Waals surface area contributed by atoms with Crippen LogP contribution in [-0.4, -0.2) is 17.6 Å². The van der Waals surface area contributed by atoms with E-state index in [9.17, 15) is 4.79 Å². The summed E-state index contributed by atoms with van der Waals surface area (Å²) in [5.41, 5.74) is 1.59. The molecular formula is C16H24N2O2. The molecule has 1 aromatic heterocycles. The molecule has 2 aliphatic carbocycles. The van der Waals surface area contributed by atoms with E-state index in [2.05, 4.69) is 10.5 Å². The van der Waals surface area contributed by atoms with Crippen LogP contribution >= 0.6 is 0 Å². The summed E-state index contributed by atoms with van der Waals surface area (Å²) in [7, 11) is 0. The number of hydrogen-bond donors (Lipinski definition) is 1. The standard InChI is InChI=1S/C16H24N2O2/c19-16(17-11-12-7-3-1-2-4-8-12)15-13-9-5-6-10-14(13)20-18-15/h12H,1-11H2,(H,17,19). The lowest BCUT2D eigenvalue weighted by Crippen LogP contribution is -2.30. The van der Waals surface area contributed by atoms with Crippen molar-refractivity contribution in [1.29, 1.82) is 0 Å². The number of nitrogens with zero attached hydrogens (tertiary/aromatic N) is 1. The first-order chi connectivity index (χ1) is 9.84. The van der Waals surface area contributed by atoms with Crippen LogP contribution in [-0.2, 0) is 12.8 Å². The Hall–Kier alpha value is -1.32. The van der Waals surface area contributed by atoms with Crippen LogP contribution < -0.4 is 5.32 Å². The van der Waals surface area contributed by atoms with Crippen LogP contribution in [0.15, 0.2) is 4.52 Å². The quantitative estimate of drug-likeness (QED) is 0.862. The Balaban J connectivity index is 1.57. The highest BCUT2D eigenvalue weighted by Crippen LogP contribution is 2.25. The van der Waals surface area contributed by atoms with E-state index < -0.39 is 0 Å². The second-order valence-electron chi connectivity index (χ2n) is 6.21. The van der Waals surface area contributed by atoms with Crippen molar-refractivity contribution in [2.24, 2.45) is 5.92 Å². The minimum Gasteiger partial charge on any atom is -0.360 e. The van der Waals surface area contributed by atoms with Crippen molar-refractivity contribution >= 4 is 5.91 Å². The molecule has 0 radical (unpaired) electrons. The topological polar surface area (TPSA) is 55.1 Å². The largest absolute Gasteiger partial charge is 0.360 e. The van der Waals surface area contributed by atoms with Gasteiger partial charge >= 0.3 is 0 Å². The highest BCUT2D eigenvalue weighted by atomic mass is 16.5. The Morgan fingerprint density at radius 1 is 1.10 bits per heavy atom. The van der Waals surface area contributed by atoms with Crippen molar-refractivity contribution in [2.75, 3.05) is 6.54 Å². The van der Waals surface area contributed by atoms with Gasteiger partial charge in [-0.05, 0) is 38.0 Å². The maximum absolute atomic E-state index is 12.3. The molecule has 3 rings (SSSR count). The van der Waals surface area contributed by atoms with Gasteiger partial charge in [0.05, 0.1) is 0 Å². The molecule has 0 atom stereocenters. The number of carbonyl (C=O) groups excluding carboxylic acids is 1. The molecule has 0 unspecified atom stereocenters. The third-order valence-electron chi connectivity index (χ3n) is 4.69. The van der Waals surface area contributed by atoms with Gasteiger partial charge in [-0.15, -0.1) is 0 Å². The smallest absolute Gasteiger partial charge is 0.273 e. The number of hydrogen-bond acceptors (Lipinski definition) is 3. The van der Waals surface area contributed by atoms with Crippen LogP contribution in [0, 0.1) is 5.92 Å². The van der Waals surface area contributed by atoms with Gasteiger partial charge in [-0.1, -0.05) is 30.8 Å². The monoisotopic (exact) mass is 276 g/mol. The molecule has 1 fully saturated rings. The summed E-state index contributed by atoms with van der Waals surface area (Å²) in [6.07, 6.45) is 11.9. The zero-order valence-corrected chi connectivity index (χ0v) is 12.1. The number of fused-ring (bicyclic) bond motifs is 1. The average Bonchev–Trinajstić information content (AvgIpc) is 2.73. The molecule has 1 aromatic rings. The Morgan fingerprint density at radius 3 is 2.65 bits per heavy atom. The van der Waals surface area contributed by atoms with Crippen LogP contribution in [0.2, 0.25) is 0 Å². The van der Waals surface area contributed by atoms with Gasteiger partial charge in [0.2, 0.25) is 0 Å². The number of carbonyl (C=O) groups is 1. The number of nitrogens with one attached hydrogen (secondary N) is 1. The predicted molar refractivity (Wildman–Crippen MR) is 76.7 cm³/mol. The van der Waals surface area contributed by atoms with Crippen molar-refractivity contribution in [1.82, 2.24) is 10.5 Å². The first-order valence-corrected chi connectivity index (χ1v) is 8.10. The molecule has 0 spiro atoms. The molecule has 0 aromatic carbocycles. The zero-order valence-electron chi connectivity index (χ0n) is 12.1. The van der Waals surface area contributed by atoms with Gasteiger partial charge in [-0.3, -0.25) is 4.79 Å². The van der Waals surface area contributed by atoms with Crippen molar-refractivity contribution < 1.29 is 9.32 Å².